The molecule has 0 aliphatic heterocycles. The quantitative estimate of drug-likeness (QED) is 0.866. The van der Waals surface area contributed by atoms with Crippen LogP contribution in [0.2, 0.25) is 0 Å². The van der Waals surface area contributed by atoms with Crippen LogP contribution in [0, 0.1) is 0 Å². The van der Waals surface area contributed by atoms with Gasteiger partial charge in [-0.15, -0.1) is 0 Å². The summed E-state index contributed by atoms with van der Waals surface area (Å²) in [6.45, 7) is 0. The first kappa shape index (κ1) is 12.3. The summed E-state index contributed by atoms with van der Waals surface area (Å²) in [7, 11) is 0. The highest BCUT2D eigenvalue weighted by Gasteiger charge is 2.29. The zero-order valence-electron chi connectivity index (χ0n) is 9.73. The fourth-order valence-corrected chi connectivity index (χ4v) is 1.96. The Morgan fingerprint density at radius 3 is 1.72 bits per heavy atom. The molecular weight excluding hydrogens is 228 g/mol. The molecule has 0 heterocycles. The molecule has 0 saturated carbocycles. The molecule has 18 heavy (non-hydrogen) atoms. The van der Waals surface area contributed by atoms with Crippen molar-refractivity contribution in [1.29, 1.82) is 0 Å². The summed E-state index contributed by atoms with van der Waals surface area (Å²) in [5.41, 5.74) is 1.20. The van der Waals surface area contributed by atoms with Gasteiger partial charge >= 0.3 is 5.97 Å². The molecule has 0 aromatic heterocycles. The van der Waals surface area contributed by atoms with Crippen molar-refractivity contribution in [2.24, 2.45) is 0 Å². The maximum absolute atomic E-state index is 11.4. The van der Waals surface area contributed by atoms with Crippen molar-refractivity contribution >= 4 is 5.97 Å². The highest BCUT2D eigenvalue weighted by atomic mass is 16.4. The van der Waals surface area contributed by atoms with Gasteiger partial charge in [-0.25, -0.2) is 0 Å². The van der Waals surface area contributed by atoms with Crippen LogP contribution in [0.25, 0.3) is 0 Å². The largest absolute Gasteiger partial charge is 0.481 e. The Labute approximate surface area is 105 Å². The van der Waals surface area contributed by atoms with Crippen molar-refractivity contribution < 1.29 is 15.0 Å². The molecule has 0 aliphatic rings. The van der Waals surface area contributed by atoms with Crippen LogP contribution in [0.3, 0.4) is 0 Å². The maximum atomic E-state index is 11.4. The lowest BCUT2D eigenvalue weighted by Crippen LogP contribution is -2.19. The smallest absolute Gasteiger partial charge is 0.314 e. The van der Waals surface area contributed by atoms with Gasteiger partial charge in [0.1, 0.15) is 5.92 Å². The summed E-state index contributed by atoms with van der Waals surface area (Å²) in [6, 6.07) is 17.6. The molecule has 3 heteroatoms. The predicted octanol–water partition coefficient (Wildman–Crippen LogP) is 2.59. The molecule has 0 fully saturated rings. The van der Waals surface area contributed by atoms with Crippen molar-refractivity contribution in [2.45, 2.75) is 12.0 Å². The van der Waals surface area contributed by atoms with Crippen LogP contribution in [0.1, 0.15) is 23.1 Å². The van der Waals surface area contributed by atoms with E-state index in [-0.39, 0.29) is 0 Å². The van der Waals surface area contributed by atoms with Crippen molar-refractivity contribution in [2.75, 3.05) is 0 Å². The van der Waals surface area contributed by atoms with Gasteiger partial charge in [0.25, 0.3) is 0 Å². The number of rotatable bonds is 4. The van der Waals surface area contributed by atoms with Crippen molar-refractivity contribution in [3.63, 3.8) is 0 Å². The molecule has 0 amide bonds. The van der Waals surface area contributed by atoms with E-state index in [4.69, 9.17) is 0 Å². The van der Waals surface area contributed by atoms with E-state index in [1.165, 1.54) is 0 Å². The summed E-state index contributed by atoms with van der Waals surface area (Å²) in [5.74, 6) is -1.98. The minimum atomic E-state index is -1.05. The molecular formula is C15H14O3. The minimum Gasteiger partial charge on any atom is -0.481 e. The van der Waals surface area contributed by atoms with Crippen LogP contribution in [-0.2, 0) is 4.79 Å². The zero-order valence-corrected chi connectivity index (χ0v) is 9.73. The molecule has 2 aromatic rings. The number of hydrogen-bond donors (Lipinski definition) is 2. The molecule has 3 nitrogen and oxygen atoms in total. The Bertz CT molecular complexity index is 508. The molecule has 2 aromatic carbocycles. The van der Waals surface area contributed by atoms with Crippen molar-refractivity contribution in [1.82, 2.24) is 0 Å². The van der Waals surface area contributed by atoms with E-state index in [1.54, 1.807) is 48.5 Å². The predicted molar refractivity (Wildman–Crippen MR) is 68.2 cm³/mol. The molecule has 0 radical (unpaired) electrons. The fourth-order valence-electron chi connectivity index (χ4n) is 1.96. The Hall–Kier alpha value is -2.13. The Balaban J connectivity index is 2.35. The zero-order chi connectivity index (χ0) is 13.0. The van der Waals surface area contributed by atoms with E-state index in [1.807, 2.05) is 12.1 Å². The van der Waals surface area contributed by atoms with Crippen LogP contribution >= 0.6 is 0 Å². The van der Waals surface area contributed by atoms with Crippen LogP contribution in [0.5, 0.6) is 0 Å². The number of aliphatic carboxylic acids is 1. The highest BCUT2D eigenvalue weighted by Crippen LogP contribution is 2.30. The molecule has 0 saturated heterocycles. The Morgan fingerprint density at radius 2 is 1.28 bits per heavy atom. The first-order valence-corrected chi connectivity index (χ1v) is 5.71. The van der Waals surface area contributed by atoms with Gasteiger partial charge in [-0.1, -0.05) is 60.7 Å². The van der Waals surface area contributed by atoms with Gasteiger partial charge in [-0.2, -0.15) is 0 Å². The van der Waals surface area contributed by atoms with Gasteiger partial charge in [-0.05, 0) is 11.1 Å². The van der Waals surface area contributed by atoms with E-state index < -0.39 is 18.0 Å². The second-order valence-electron chi connectivity index (χ2n) is 4.08. The third kappa shape index (κ3) is 2.57. The number of aliphatic hydroxyl groups is 1. The normalized spacial score (nSPS) is 13.8. The van der Waals surface area contributed by atoms with E-state index >= 15 is 0 Å². The molecule has 2 N–H and O–H groups in total. The van der Waals surface area contributed by atoms with Gasteiger partial charge in [0.15, 0.2) is 0 Å². The summed E-state index contributed by atoms with van der Waals surface area (Å²) < 4.78 is 0. The lowest BCUT2D eigenvalue weighted by molar-refractivity contribution is -0.141. The molecule has 0 unspecified atom stereocenters. The molecule has 2 atom stereocenters. The topological polar surface area (TPSA) is 57.5 Å². The Morgan fingerprint density at radius 1 is 0.833 bits per heavy atom. The van der Waals surface area contributed by atoms with Crippen LogP contribution in [0.4, 0.5) is 0 Å². The lowest BCUT2D eigenvalue weighted by Gasteiger charge is -2.19. The van der Waals surface area contributed by atoms with Crippen molar-refractivity contribution in [3.8, 4) is 0 Å². The maximum Gasteiger partial charge on any atom is 0.314 e. The summed E-state index contributed by atoms with van der Waals surface area (Å²) in [5, 5.41) is 19.5. The summed E-state index contributed by atoms with van der Waals surface area (Å²) in [6.07, 6.45) is -1.05. The van der Waals surface area contributed by atoms with Gasteiger partial charge in [0.05, 0.1) is 6.10 Å². The SMILES string of the molecule is O=C(O)[C@@H](c1ccccc1)[C@H](O)c1ccccc1. The molecule has 92 valence electrons. The second-order valence-corrected chi connectivity index (χ2v) is 4.08. The third-order valence-corrected chi connectivity index (χ3v) is 2.88. The fraction of sp³-hybridized carbons (Fsp3) is 0.133. The standard InChI is InChI=1S/C15H14O3/c16-14(12-9-5-2-6-10-12)13(15(17)18)11-7-3-1-4-8-11/h1-10,13-14,16H,(H,17,18)/t13-,14+/m0/s1. The Kier molecular flexibility index (Phi) is 3.75. The minimum absolute atomic E-state index is 0.598. The number of hydrogen-bond acceptors (Lipinski definition) is 2. The number of carbonyl (C=O) groups is 1. The van der Waals surface area contributed by atoms with E-state index in [9.17, 15) is 15.0 Å². The third-order valence-electron chi connectivity index (χ3n) is 2.88. The van der Waals surface area contributed by atoms with Gasteiger partial charge < -0.3 is 10.2 Å². The number of benzene rings is 2. The first-order chi connectivity index (χ1) is 8.70. The number of carboxylic acids is 1. The molecule has 0 spiro atoms. The number of aliphatic hydroxyl groups excluding tert-OH is 1. The van der Waals surface area contributed by atoms with Crippen molar-refractivity contribution in [3.05, 3.63) is 71.8 Å². The monoisotopic (exact) mass is 242 g/mol. The van der Waals surface area contributed by atoms with E-state index in [0.29, 0.717) is 11.1 Å². The van der Waals surface area contributed by atoms with E-state index in [0.717, 1.165) is 0 Å². The van der Waals surface area contributed by atoms with Crippen LogP contribution < -0.4 is 0 Å². The summed E-state index contributed by atoms with van der Waals surface area (Å²) >= 11 is 0. The van der Waals surface area contributed by atoms with Crippen LogP contribution in [-0.4, -0.2) is 16.2 Å². The second kappa shape index (κ2) is 5.47. The van der Waals surface area contributed by atoms with Gasteiger partial charge in [0.2, 0.25) is 0 Å². The molecule has 0 bridgehead atoms. The average molecular weight is 242 g/mol. The van der Waals surface area contributed by atoms with Gasteiger partial charge in [0, 0.05) is 0 Å². The first-order valence-electron chi connectivity index (χ1n) is 5.71. The molecule has 0 aliphatic carbocycles. The van der Waals surface area contributed by atoms with Gasteiger partial charge in [-0.3, -0.25) is 4.79 Å². The average Bonchev–Trinajstić information content (AvgIpc) is 2.40. The number of carboxylic acid groups (broad SMARTS) is 1. The lowest BCUT2D eigenvalue weighted by atomic mass is 9.89. The summed E-state index contributed by atoms with van der Waals surface area (Å²) in [4.78, 5) is 11.4. The van der Waals surface area contributed by atoms with E-state index in [2.05, 4.69) is 0 Å². The molecule has 2 rings (SSSR count). The highest BCUT2D eigenvalue weighted by molar-refractivity contribution is 5.77. The van der Waals surface area contributed by atoms with Crippen LogP contribution in [0.15, 0.2) is 60.7 Å².